The summed E-state index contributed by atoms with van der Waals surface area (Å²) in [5.74, 6) is 1.48. The molecule has 2 N–H and O–H groups in total. The lowest BCUT2D eigenvalue weighted by Gasteiger charge is -2.16. The first-order chi connectivity index (χ1) is 16.4. The van der Waals surface area contributed by atoms with E-state index >= 15 is 0 Å². The number of amides is 1. The third kappa shape index (κ3) is 6.48. The SMILES string of the molecule is COC(=O)[C@@H](Cc1ccc(Nc2ncnc3cc(OC)c(OCCCCl)cc23)cc1)NC(C)=O. The molecule has 0 radical (unpaired) electrons. The summed E-state index contributed by atoms with van der Waals surface area (Å²) in [4.78, 5) is 32.1. The molecule has 0 aliphatic heterocycles. The Bertz CT molecular complexity index is 1140. The van der Waals surface area contributed by atoms with Gasteiger partial charge in [-0.1, -0.05) is 12.1 Å². The number of hydrogen-bond acceptors (Lipinski definition) is 8. The third-order valence-corrected chi connectivity index (χ3v) is 5.24. The number of rotatable bonds is 11. The van der Waals surface area contributed by atoms with E-state index in [9.17, 15) is 9.59 Å². The number of halogens is 1. The van der Waals surface area contributed by atoms with E-state index in [0.29, 0.717) is 48.2 Å². The van der Waals surface area contributed by atoms with Crippen LogP contribution in [-0.2, 0) is 20.7 Å². The minimum Gasteiger partial charge on any atom is -0.493 e. The van der Waals surface area contributed by atoms with Gasteiger partial charge >= 0.3 is 5.97 Å². The molecule has 180 valence electrons. The summed E-state index contributed by atoms with van der Waals surface area (Å²) in [7, 11) is 2.87. The molecule has 0 fully saturated rings. The maximum Gasteiger partial charge on any atom is 0.328 e. The van der Waals surface area contributed by atoms with Gasteiger partial charge in [-0.2, -0.15) is 0 Å². The average molecular weight is 487 g/mol. The Kier molecular flexibility index (Phi) is 8.86. The van der Waals surface area contributed by atoms with Crippen molar-refractivity contribution < 1.29 is 23.8 Å². The molecule has 0 bridgehead atoms. The molecule has 0 saturated carbocycles. The van der Waals surface area contributed by atoms with Gasteiger partial charge in [-0.15, -0.1) is 11.6 Å². The molecular formula is C24H27ClN4O5. The summed E-state index contributed by atoms with van der Waals surface area (Å²) < 4.78 is 16.0. The molecular weight excluding hydrogens is 460 g/mol. The first-order valence-electron chi connectivity index (χ1n) is 10.7. The second kappa shape index (κ2) is 12.0. The number of carbonyl (C=O) groups excluding carboxylic acids is 2. The molecule has 0 unspecified atom stereocenters. The Balaban J connectivity index is 1.81. The molecule has 0 aliphatic carbocycles. The van der Waals surface area contributed by atoms with Crippen LogP contribution in [0.25, 0.3) is 10.9 Å². The Hall–Kier alpha value is -3.59. The Morgan fingerprint density at radius 2 is 1.85 bits per heavy atom. The van der Waals surface area contributed by atoms with Crippen LogP contribution in [-0.4, -0.2) is 54.6 Å². The van der Waals surface area contributed by atoms with Gasteiger partial charge in [-0.05, 0) is 30.2 Å². The number of methoxy groups -OCH3 is 2. The largest absolute Gasteiger partial charge is 0.493 e. The van der Waals surface area contributed by atoms with E-state index in [1.165, 1.54) is 20.4 Å². The normalized spacial score (nSPS) is 11.5. The van der Waals surface area contributed by atoms with Gasteiger partial charge < -0.3 is 24.8 Å². The fourth-order valence-corrected chi connectivity index (χ4v) is 3.46. The first-order valence-corrected chi connectivity index (χ1v) is 11.2. The minimum absolute atomic E-state index is 0.299. The van der Waals surface area contributed by atoms with Crippen LogP contribution in [0.5, 0.6) is 11.5 Å². The molecule has 10 heteroatoms. The fraction of sp³-hybridized carbons (Fsp3) is 0.333. The van der Waals surface area contributed by atoms with Crippen molar-refractivity contribution in [1.29, 1.82) is 0 Å². The monoisotopic (exact) mass is 486 g/mol. The van der Waals surface area contributed by atoms with Crippen LogP contribution in [0.1, 0.15) is 18.9 Å². The highest BCUT2D eigenvalue weighted by molar-refractivity contribution is 6.17. The van der Waals surface area contributed by atoms with E-state index in [0.717, 1.165) is 16.6 Å². The van der Waals surface area contributed by atoms with E-state index in [1.54, 1.807) is 13.2 Å². The number of benzene rings is 2. The molecule has 0 aliphatic rings. The molecule has 3 rings (SSSR count). The fourth-order valence-electron chi connectivity index (χ4n) is 3.35. The summed E-state index contributed by atoms with van der Waals surface area (Å²) in [5.41, 5.74) is 2.35. The second-order valence-corrected chi connectivity index (χ2v) is 7.81. The second-order valence-electron chi connectivity index (χ2n) is 7.44. The topological polar surface area (TPSA) is 112 Å². The van der Waals surface area contributed by atoms with Crippen LogP contribution < -0.4 is 20.1 Å². The summed E-state index contributed by atoms with van der Waals surface area (Å²) >= 11 is 5.75. The summed E-state index contributed by atoms with van der Waals surface area (Å²) in [5, 5.41) is 6.67. The molecule has 1 atom stereocenters. The Labute approximate surface area is 202 Å². The van der Waals surface area contributed by atoms with Gasteiger partial charge in [0.15, 0.2) is 11.5 Å². The van der Waals surface area contributed by atoms with Crippen LogP contribution in [0.4, 0.5) is 11.5 Å². The first kappa shape index (κ1) is 25.0. The van der Waals surface area contributed by atoms with Crippen molar-refractivity contribution in [3.63, 3.8) is 0 Å². The molecule has 1 amide bonds. The van der Waals surface area contributed by atoms with Crippen molar-refractivity contribution in [2.45, 2.75) is 25.8 Å². The quantitative estimate of drug-likeness (QED) is 0.240. The molecule has 9 nitrogen and oxygen atoms in total. The number of aromatic nitrogens is 2. The Morgan fingerprint density at radius 1 is 1.09 bits per heavy atom. The maximum atomic E-state index is 12.0. The van der Waals surface area contributed by atoms with Crippen molar-refractivity contribution in [2.75, 3.05) is 32.0 Å². The molecule has 0 spiro atoms. The minimum atomic E-state index is -0.751. The van der Waals surface area contributed by atoms with Gasteiger partial charge in [-0.25, -0.2) is 14.8 Å². The molecule has 1 aromatic heterocycles. The lowest BCUT2D eigenvalue weighted by molar-refractivity contribution is -0.144. The van der Waals surface area contributed by atoms with Gasteiger partial charge in [0.2, 0.25) is 5.91 Å². The van der Waals surface area contributed by atoms with Crippen molar-refractivity contribution in [3.05, 3.63) is 48.3 Å². The van der Waals surface area contributed by atoms with Crippen LogP contribution in [0.3, 0.4) is 0 Å². The predicted octanol–water partition coefficient (Wildman–Crippen LogP) is 3.61. The van der Waals surface area contributed by atoms with Crippen LogP contribution in [0.2, 0.25) is 0 Å². The highest BCUT2D eigenvalue weighted by Gasteiger charge is 2.20. The van der Waals surface area contributed by atoms with E-state index in [1.807, 2.05) is 30.3 Å². The smallest absolute Gasteiger partial charge is 0.328 e. The van der Waals surface area contributed by atoms with Crippen molar-refractivity contribution >= 4 is 45.9 Å². The van der Waals surface area contributed by atoms with Crippen molar-refractivity contribution in [1.82, 2.24) is 15.3 Å². The number of alkyl halides is 1. The number of nitrogens with zero attached hydrogens (tertiary/aromatic N) is 2. The van der Waals surface area contributed by atoms with Crippen molar-refractivity contribution in [3.8, 4) is 11.5 Å². The van der Waals surface area contributed by atoms with Crippen molar-refractivity contribution in [2.24, 2.45) is 0 Å². The molecule has 3 aromatic rings. The molecule has 1 heterocycles. The number of carbonyl (C=O) groups is 2. The van der Waals surface area contributed by atoms with Crippen LogP contribution in [0, 0.1) is 0 Å². The zero-order chi connectivity index (χ0) is 24.5. The number of hydrogen-bond donors (Lipinski definition) is 2. The molecule has 2 aromatic carbocycles. The van der Waals surface area contributed by atoms with Gasteiger partial charge in [0, 0.05) is 36.4 Å². The highest BCUT2D eigenvalue weighted by atomic mass is 35.5. The maximum absolute atomic E-state index is 12.0. The number of fused-ring (bicyclic) bond motifs is 1. The zero-order valence-corrected chi connectivity index (χ0v) is 20.0. The lowest BCUT2D eigenvalue weighted by atomic mass is 10.1. The van der Waals surface area contributed by atoms with E-state index in [4.69, 9.17) is 25.8 Å². The lowest BCUT2D eigenvalue weighted by Crippen LogP contribution is -2.41. The summed E-state index contributed by atoms with van der Waals surface area (Å²) in [6.07, 6.45) is 2.50. The van der Waals surface area contributed by atoms with Crippen LogP contribution in [0.15, 0.2) is 42.7 Å². The number of anilines is 2. The molecule has 34 heavy (non-hydrogen) atoms. The van der Waals surface area contributed by atoms with Gasteiger partial charge in [-0.3, -0.25) is 4.79 Å². The number of nitrogens with one attached hydrogen (secondary N) is 2. The number of esters is 1. The van der Waals surface area contributed by atoms with Gasteiger partial charge in [0.05, 0.1) is 26.3 Å². The Morgan fingerprint density at radius 3 is 2.50 bits per heavy atom. The molecule has 0 saturated heterocycles. The predicted molar refractivity (Wildman–Crippen MR) is 130 cm³/mol. The van der Waals surface area contributed by atoms with E-state index in [-0.39, 0.29) is 5.91 Å². The van der Waals surface area contributed by atoms with Crippen LogP contribution >= 0.6 is 11.6 Å². The van der Waals surface area contributed by atoms with E-state index < -0.39 is 12.0 Å². The van der Waals surface area contributed by atoms with Gasteiger partial charge in [0.1, 0.15) is 18.2 Å². The summed E-state index contributed by atoms with van der Waals surface area (Å²) in [6.45, 7) is 1.83. The highest BCUT2D eigenvalue weighted by Crippen LogP contribution is 2.34. The number of ether oxygens (including phenoxy) is 3. The average Bonchev–Trinajstić information content (AvgIpc) is 2.84. The van der Waals surface area contributed by atoms with Gasteiger partial charge in [0.25, 0.3) is 0 Å². The standard InChI is InChI=1S/C24H27ClN4O5/c1-15(30)28-20(24(31)33-3)11-16-5-7-17(8-6-16)29-23-18-12-22(34-10-4-9-25)21(32-2)13-19(18)26-14-27-23/h5-8,12-14,20H,4,9-11H2,1-3H3,(H,28,30)(H,26,27,29)/t20-/m1/s1. The summed E-state index contributed by atoms with van der Waals surface area (Å²) in [6, 6.07) is 10.4. The zero-order valence-electron chi connectivity index (χ0n) is 19.3. The van der Waals surface area contributed by atoms with E-state index in [2.05, 4.69) is 20.6 Å². The third-order valence-electron chi connectivity index (χ3n) is 4.98.